The van der Waals surface area contributed by atoms with Crippen LogP contribution in [0, 0.1) is 6.92 Å². The zero-order valence-corrected chi connectivity index (χ0v) is 11.4. The summed E-state index contributed by atoms with van der Waals surface area (Å²) < 4.78 is 0.757. The fraction of sp³-hybridized carbons (Fsp3) is 0.0769. The zero-order valence-electron chi connectivity index (χ0n) is 9.77. The molecule has 0 spiro atoms. The summed E-state index contributed by atoms with van der Waals surface area (Å²) >= 11 is 3.27. The molecular formula is C13H12BrN3O. The molecule has 0 aliphatic rings. The minimum absolute atomic E-state index is 0.237. The molecule has 0 radical (unpaired) electrons. The van der Waals surface area contributed by atoms with Crippen molar-refractivity contribution < 1.29 is 4.79 Å². The van der Waals surface area contributed by atoms with Crippen LogP contribution in [0.25, 0.3) is 0 Å². The topological polar surface area (TPSA) is 68.0 Å². The number of nitrogens with two attached hydrogens (primary N) is 1. The molecule has 1 amide bonds. The molecule has 0 fully saturated rings. The van der Waals surface area contributed by atoms with Gasteiger partial charge in [-0.1, -0.05) is 6.07 Å². The lowest BCUT2D eigenvalue weighted by atomic mass is 10.2. The molecular weight excluding hydrogens is 294 g/mol. The van der Waals surface area contributed by atoms with Crippen LogP contribution >= 0.6 is 15.9 Å². The lowest BCUT2D eigenvalue weighted by Crippen LogP contribution is -2.13. The van der Waals surface area contributed by atoms with Gasteiger partial charge >= 0.3 is 0 Å². The maximum Gasteiger partial charge on any atom is 0.257 e. The number of hydrogen-bond acceptors (Lipinski definition) is 3. The van der Waals surface area contributed by atoms with Crippen LogP contribution in [0.2, 0.25) is 0 Å². The summed E-state index contributed by atoms with van der Waals surface area (Å²) in [6.45, 7) is 1.94. The van der Waals surface area contributed by atoms with Crippen molar-refractivity contribution in [1.29, 1.82) is 0 Å². The average molecular weight is 306 g/mol. The zero-order chi connectivity index (χ0) is 13.1. The van der Waals surface area contributed by atoms with E-state index < -0.39 is 0 Å². The van der Waals surface area contributed by atoms with Crippen molar-refractivity contribution in [2.75, 3.05) is 11.1 Å². The Labute approximate surface area is 113 Å². The number of halogens is 1. The summed E-state index contributed by atoms with van der Waals surface area (Å²) in [5.41, 5.74) is 8.51. The summed E-state index contributed by atoms with van der Waals surface area (Å²) in [4.78, 5) is 15.9. The number of anilines is 2. The molecule has 1 aromatic heterocycles. The van der Waals surface area contributed by atoms with Gasteiger partial charge in [-0.25, -0.2) is 0 Å². The van der Waals surface area contributed by atoms with Crippen LogP contribution in [-0.2, 0) is 0 Å². The Hall–Kier alpha value is -1.88. The number of pyridine rings is 1. The summed E-state index contributed by atoms with van der Waals surface area (Å²) in [5.74, 6) is -0.237. The van der Waals surface area contributed by atoms with Gasteiger partial charge in [-0.2, -0.15) is 0 Å². The monoisotopic (exact) mass is 305 g/mol. The second-order valence-corrected chi connectivity index (χ2v) is 4.85. The molecule has 0 aliphatic heterocycles. The number of nitrogens with one attached hydrogen (secondary N) is 1. The first-order valence-electron chi connectivity index (χ1n) is 5.34. The number of carbonyl (C=O) groups is 1. The summed E-state index contributed by atoms with van der Waals surface area (Å²) in [6.07, 6.45) is 3.13. The number of rotatable bonds is 2. The molecule has 0 saturated heterocycles. The number of aryl methyl sites for hydroxylation is 1. The van der Waals surface area contributed by atoms with E-state index in [0.717, 1.165) is 10.0 Å². The fourth-order valence-electron chi connectivity index (χ4n) is 1.53. The van der Waals surface area contributed by atoms with Gasteiger partial charge in [-0.05, 0) is 46.6 Å². The number of amides is 1. The maximum atomic E-state index is 12.0. The van der Waals surface area contributed by atoms with Crippen LogP contribution in [0.4, 0.5) is 11.4 Å². The molecule has 18 heavy (non-hydrogen) atoms. The van der Waals surface area contributed by atoms with Gasteiger partial charge in [0.1, 0.15) is 0 Å². The second kappa shape index (κ2) is 5.18. The second-order valence-electron chi connectivity index (χ2n) is 3.94. The van der Waals surface area contributed by atoms with E-state index in [2.05, 4.69) is 26.2 Å². The van der Waals surface area contributed by atoms with Gasteiger partial charge in [0.15, 0.2) is 0 Å². The summed E-state index contributed by atoms with van der Waals surface area (Å²) in [6, 6.07) is 7.20. The minimum atomic E-state index is -0.237. The molecule has 0 bridgehead atoms. The van der Waals surface area contributed by atoms with Crippen LogP contribution in [0.1, 0.15) is 15.9 Å². The van der Waals surface area contributed by atoms with E-state index in [1.165, 1.54) is 6.20 Å². The molecule has 0 unspecified atom stereocenters. The van der Waals surface area contributed by atoms with Crippen molar-refractivity contribution in [1.82, 2.24) is 4.98 Å². The number of nitrogen functional groups attached to an aromatic ring is 1. The van der Waals surface area contributed by atoms with Gasteiger partial charge in [-0.15, -0.1) is 0 Å². The highest BCUT2D eigenvalue weighted by Crippen LogP contribution is 2.20. The van der Waals surface area contributed by atoms with E-state index in [0.29, 0.717) is 16.9 Å². The van der Waals surface area contributed by atoms with Crippen molar-refractivity contribution in [3.63, 3.8) is 0 Å². The Morgan fingerprint density at radius 3 is 2.78 bits per heavy atom. The van der Waals surface area contributed by atoms with Crippen molar-refractivity contribution in [3.05, 3.63) is 52.3 Å². The smallest absolute Gasteiger partial charge is 0.257 e. The average Bonchev–Trinajstić information content (AvgIpc) is 2.32. The maximum absolute atomic E-state index is 12.0. The molecule has 0 saturated carbocycles. The van der Waals surface area contributed by atoms with Gasteiger partial charge in [0.05, 0.1) is 16.9 Å². The van der Waals surface area contributed by atoms with Gasteiger partial charge in [0.2, 0.25) is 0 Å². The third-order valence-electron chi connectivity index (χ3n) is 2.42. The van der Waals surface area contributed by atoms with Crippen LogP contribution in [0.3, 0.4) is 0 Å². The SMILES string of the molecule is Cc1ccc(NC(=O)c2cncc(Br)c2)c(N)c1. The lowest BCUT2D eigenvalue weighted by Gasteiger charge is -2.08. The van der Waals surface area contributed by atoms with Crippen LogP contribution in [0.5, 0.6) is 0 Å². The Morgan fingerprint density at radius 2 is 2.11 bits per heavy atom. The highest BCUT2D eigenvalue weighted by molar-refractivity contribution is 9.10. The van der Waals surface area contributed by atoms with E-state index in [1.807, 2.05) is 19.1 Å². The number of nitrogens with zero attached hydrogens (tertiary/aromatic N) is 1. The molecule has 5 heteroatoms. The highest BCUT2D eigenvalue weighted by atomic mass is 79.9. The fourth-order valence-corrected chi connectivity index (χ4v) is 1.89. The Kier molecular flexibility index (Phi) is 3.62. The van der Waals surface area contributed by atoms with E-state index in [1.54, 1.807) is 18.3 Å². The quantitative estimate of drug-likeness (QED) is 0.838. The predicted molar refractivity (Wildman–Crippen MR) is 75.5 cm³/mol. The Morgan fingerprint density at radius 1 is 1.33 bits per heavy atom. The molecule has 92 valence electrons. The number of aromatic nitrogens is 1. The van der Waals surface area contributed by atoms with Crippen molar-refractivity contribution in [3.8, 4) is 0 Å². The third-order valence-corrected chi connectivity index (χ3v) is 2.86. The standard InChI is InChI=1S/C13H12BrN3O/c1-8-2-3-12(11(15)4-8)17-13(18)9-5-10(14)7-16-6-9/h2-7H,15H2,1H3,(H,17,18). The largest absolute Gasteiger partial charge is 0.397 e. The van der Waals surface area contributed by atoms with E-state index in [-0.39, 0.29) is 5.91 Å². The minimum Gasteiger partial charge on any atom is -0.397 e. The van der Waals surface area contributed by atoms with Crippen molar-refractivity contribution >= 4 is 33.2 Å². The van der Waals surface area contributed by atoms with Crippen molar-refractivity contribution in [2.24, 2.45) is 0 Å². The molecule has 4 nitrogen and oxygen atoms in total. The third kappa shape index (κ3) is 2.87. The molecule has 0 atom stereocenters. The van der Waals surface area contributed by atoms with Gasteiger partial charge in [0.25, 0.3) is 5.91 Å². The van der Waals surface area contributed by atoms with Crippen LogP contribution < -0.4 is 11.1 Å². The van der Waals surface area contributed by atoms with E-state index >= 15 is 0 Å². The lowest BCUT2D eigenvalue weighted by molar-refractivity contribution is 0.102. The first-order valence-corrected chi connectivity index (χ1v) is 6.13. The number of carbonyl (C=O) groups excluding carboxylic acids is 1. The molecule has 1 heterocycles. The van der Waals surface area contributed by atoms with Crippen LogP contribution in [-0.4, -0.2) is 10.9 Å². The van der Waals surface area contributed by atoms with E-state index in [4.69, 9.17) is 5.73 Å². The Bertz CT molecular complexity index is 599. The Balaban J connectivity index is 2.21. The normalized spacial score (nSPS) is 10.1. The molecule has 2 aromatic rings. The molecule has 3 N–H and O–H groups in total. The number of benzene rings is 1. The predicted octanol–water partition coefficient (Wildman–Crippen LogP) is 2.99. The molecule has 0 aliphatic carbocycles. The van der Waals surface area contributed by atoms with Gasteiger partial charge in [0, 0.05) is 16.9 Å². The first kappa shape index (κ1) is 12.6. The van der Waals surface area contributed by atoms with Crippen molar-refractivity contribution in [2.45, 2.75) is 6.92 Å². The highest BCUT2D eigenvalue weighted by Gasteiger charge is 2.08. The summed E-state index contributed by atoms with van der Waals surface area (Å²) in [5, 5.41) is 2.76. The van der Waals surface area contributed by atoms with Crippen LogP contribution in [0.15, 0.2) is 41.1 Å². The number of hydrogen-bond donors (Lipinski definition) is 2. The van der Waals surface area contributed by atoms with Gasteiger partial charge in [-0.3, -0.25) is 9.78 Å². The summed E-state index contributed by atoms with van der Waals surface area (Å²) in [7, 11) is 0. The first-order chi connectivity index (χ1) is 8.56. The van der Waals surface area contributed by atoms with Gasteiger partial charge < -0.3 is 11.1 Å². The molecule has 2 rings (SSSR count). The molecule has 1 aromatic carbocycles. The van der Waals surface area contributed by atoms with E-state index in [9.17, 15) is 4.79 Å².